The quantitative estimate of drug-likeness (QED) is 0.629. The van der Waals surface area contributed by atoms with Gasteiger partial charge in [0.05, 0.1) is 26.3 Å². The number of carbonyl (C=O) groups excluding carboxylic acids is 2. The van der Waals surface area contributed by atoms with Gasteiger partial charge in [-0.1, -0.05) is 12.1 Å². The lowest BCUT2D eigenvalue weighted by atomic mass is 10.0. The van der Waals surface area contributed by atoms with Gasteiger partial charge in [-0.25, -0.2) is 9.48 Å². The van der Waals surface area contributed by atoms with Crippen molar-refractivity contribution in [3.8, 4) is 17.2 Å². The molecular weight excluding hydrogens is 378 g/mol. The highest BCUT2D eigenvalue weighted by atomic mass is 16.6. The van der Waals surface area contributed by atoms with Gasteiger partial charge < -0.3 is 19.5 Å². The predicted octanol–water partition coefficient (Wildman–Crippen LogP) is 1.92. The van der Waals surface area contributed by atoms with Crippen LogP contribution in [0.4, 0.5) is 5.69 Å². The van der Waals surface area contributed by atoms with Crippen molar-refractivity contribution in [2.75, 3.05) is 19.5 Å². The second kappa shape index (κ2) is 7.58. The summed E-state index contributed by atoms with van der Waals surface area (Å²) >= 11 is 0. The number of hydrogen-bond donors (Lipinski definition) is 1. The van der Waals surface area contributed by atoms with Gasteiger partial charge in [0.15, 0.2) is 11.5 Å². The first-order valence-corrected chi connectivity index (χ1v) is 8.70. The normalized spacial score (nSPS) is 14.8. The van der Waals surface area contributed by atoms with E-state index in [1.54, 1.807) is 36.4 Å². The number of benzene rings is 2. The molecule has 0 radical (unpaired) electrons. The third kappa shape index (κ3) is 3.47. The average molecular weight is 395 g/mol. The second-order valence-electron chi connectivity index (χ2n) is 6.22. The van der Waals surface area contributed by atoms with E-state index in [0.29, 0.717) is 28.4 Å². The van der Waals surface area contributed by atoms with Crippen molar-refractivity contribution in [1.82, 2.24) is 20.2 Å². The highest BCUT2D eigenvalue weighted by Crippen LogP contribution is 2.43. The molecule has 1 aliphatic rings. The van der Waals surface area contributed by atoms with Crippen LogP contribution in [-0.2, 0) is 9.53 Å². The Labute approximate surface area is 165 Å². The summed E-state index contributed by atoms with van der Waals surface area (Å²) in [5.74, 6) is -0.131. The number of cyclic esters (lactones) is 1. The third-order valence-corrected chi connectivity index (χ3v) is 4.49. The Hall–Kier alpha value is -3.95. The van der Waals surface area contributed by atoms with Crippen LogP contribution in [0, 0.1) is 0 Å². The topological polar surface area (TPSA) is 117 Å². The highest BCUT2D eigenvalue weighted by molar-refractivity contribution is 5.99. The molecule has 0 spiro atoms. The first-order valence-electron chi connectivity index (χ1n) is 8.70. The van der Waals surface area contributed by atoms with E-state index in [1.165, 1.54) is 25.2 Å². The summed E-state index contributed by atoms with van der Waals surface area (Å²) in [4.78, 5) is 24.9. The van der Waals surface area contributed by atoms with Gasteiger partial charge in [0, 0.05) is 11.3 Å². The van der Waals surface area contributed by atoms with Crippen LogP contribution >= 0.6 is 0 Å². The fraction of sp³-hybridized carbons (Fsp3) is 0.211. The molecule has 0 saturated heterocycles. The lowest BCUT2D eigenvalue weighted by Gasteiger charge is -2.13. The Balaban J connectivity index is 1.51. The van der Waals surface area contributed by atoms with Crippen molar-refractivity contribution < 1.29 is 23.8 Å². The number of fused-ring (bicyclic) bond motifs is 1. The molecule has 0 bridgehead atoms. The zero-order valence-electron chi connectivity index (χ0n) is 15.7. The maximum atomic E-state index is 12.6. The molecule has 2 aromatic carbocycles. The molecule has 10 nitrogen and oxygen atoms in total. The molecule has 0 saturated carbocycles. The van der Waals surface area contributed by atoms with E-state index >= 15 is 0 Å². The molecule has 1 atom stereocenters. The molecular formula is C19H17N5O5. The molecule has 2 heterocycles. The van der Waals surface area contributed by atoms with Crippen LogP contribution in [0.1, 0.15) is 28.4 Å². The van der Waals surface area contributed by atoms with E-state index in [9.17, 15) is 9.59 Å². The van der Waals surface area contributed by atoms with Crippen molar-refractivity contribution >= 4 is 17.6 Å². The number of rotatable bonds is 6. The number of esters is 1. The number of aromatic nitrogens is 4. The minimum atomic E-state index is -0.708. The Bertz CT molecular complexity index is 1070. The summed E-state index contributed by atoms with van der Waals surface area (Å²) in [7, 11) is 2.93. The largest absolute Gasteiger partial charge is 0.493 e. The molecule has 0 unspecified atom stereocenters. The van der Waals surface area contributed by atoms with Crippen LogP contribution in [-0.4, -0.2) is 46.3 Å². The van der Waals surface area contributed by atoms with Gasteiger partial charge in [0.2, 0.25) is 5.91 Å². The van der Waals surface area contributed by atoms with Gasteiger partial charge in [-0.2, -0.15) is 0 Å². The van der Waals surface area contributed by atoms with Crippen LogP contribution in [0.2, 0.25) is 0 Å². The smallest absolute Gasteiger partial charge is 0.343 e. The number of methoxy groups -OCH3 is 2. The molecule has 1 N–H and O–H groups in total. The molecule has 0 aliphatic carbocycles. The van der Waals surface area contributed by atoms with Gasteiger partial charge in [-0.3, -0.25) is 4.79 Å². The van der Waals surface area contributed by atoms with E-state index in [2.05, 4.69) is 20.8 Å². The van der Waals surface area contributed by atoms with E-state index in [4.69, 9.17) is 14.2 Å². The van der Waals surface area contributed by atoms with Crippen molar-refractivity contribution in [1.29, 1.82) is 0 Å². The monoisotopic (exact) mass is 395 g/mol. The first kappa shape index (κ1) is 18.4. The van der Waals surface area contributed by atoms with Crippen molar-refractivity contribution in [3.63, 3.8) is 0 Å². The Kier molecular flexibility index (Phi) is 4.82. The van der Waals surface area contributed by atoms with Crippen LogP contribution in [0.3, 0.4) is 0 Å². The first-order chi connectivity index (χ1) is 14.1. The number of nitrogens with one attached hydrogen (secondary N) is 1. The fourth-order valence-corrected chi connectivity index (χ4v) is 3.21. The van der Waals surface area contributed by atoms with Gasteiger partial charge in [0.1, 0.15) is 18.0 Å². The van der Waals surface area contributed by atoms with E-state index in [1.807, 2.05) is 0 Å². The zero-order valence-corrected chi connectivity index (χ0v) is 15.7. The lowest BCUT2D eigenvalue weighted by Crippen LogP contribution is -2.16. The number of nitrogens with zero attached hydrogens (tertiary/aromatic N) is 4. The van der Waals surface area contributed by atoms with Crippen molar-refractivity contribution in [2.24, 2.45) is 0 Å². The summed E-state index contributed by atoms with van der Waals surface area (Å²) < 4.78 is 17.4. The zero-order chi connectivity index (χ0) is 20.4. The van der Waals surface area contributed by atoms with Gasteiger partial charge in [-0.05, 0) is 34.7 Å². The van der Waals surface area contributed by atoms with E-state index in [0.717, 1.165) is 0 Å². The molecule has 10 heteroatoms. The predicted molar refractivity (Wildman–Crippen MR) is 100 cm³/mol. The third-order valence-electron chi connectivity index (χ3n) is 4.49. The number of carbonyl (C=O) groups is 2. The van der Waals surface area contributed by atoms with E-state index in [-0.39, 0.29) is 17.9 Å². The van der Waals surface area contributed by atoms with Gasteiger partial charge >= 0.3 is 5.97 Å². The Morgan fingerprint density at radius 1 is 1.24 bits per heavy atom. The molecule has 1 amide bonds. The highest BCUT2D eigenvalue weighted by Gasteiger charge is 2.36. The molecule has 29 heavy (non-hydrogen) atoms. The standard InChI is InChI=1S/C19H17N5O5/c1-27-14-7-6-13-15(29-19(26)17(13)18(14)28-2)9-16(25)21-11-4-3-5-12(8-11)24-10-20-22-23-24/h3-8,10,15H,9H2,1-2H3,(H,21,25)/t15-/m0/s1. The SMILES string of the molecule is COc1ccc2c(c1OC)C(=O)O[C@H]2CC(=O)Nc1cccc(-n2cnnn2)c1. The molecule has 1 aliphatic heterocycles. The van der Waals surface area contributed by atoms with Crippen molar-refractivity contribution in [2.45, 2.75) is 12.5 Å². The van der Waals surface area contributed by atoms with Crippen molar-refractivity contribution in [3.05, 3.63) is 53.9 Å². The summed E-state index contributed by atoms with van der Waals surface area (Å²) in [6.45, 7) is 0. The molecule has 4 rings (SSSR count). The lowest BCUT2D eigenvalue weighted by molar-refractivity contribution is -0.118. The number of ether oxygens (including phenoxy) is 3. The molecule has 0 fully saturated rings. The van der Waals surface area contributed by atoms with Crippen LogP contribution in [0.5, 0.6) is 11.5 Å². The van der Waals surface area contributed by atoms with Crippen LogP contribution < -0.4 is 14.8 Å². The van der Waals surface area contributed by atoms with Gasteiger partial charge in [0.25, 0.3) is 0 Å². The Morgan fingerprint density at radius 2 is 2.10 bits per heavy atom. The van der Waals surface area contributed by atoms with E-state index < -0.39 is 12.1 Å². The second-order valence-corrected chi connectivity index (χ2v) is 6.22. The number of tetrazole rings is 1. The summed E-state index contributed by atoms with van der Waals surface area (Å²) in [6, 6.07) is 10.4. The van der Waals surface area contributed by atoms with Gasteiger partial charge in [-0.15, -0.1) is 5.10 Å². The molecule has 1 aromatic heterocycles. The summed E-state index contributed by atoms with van der Waals surface area (Å²) in [5, 5.41) is 13.8. The number of anilines is 1. The minimum Gasteiger partial charge on any atom is -0.493 e. The average Bonchev–Trinajstić information content (AvgIpc) is 3.36. The Morgan fingerprint density at radius 3 is 2.83 bits per heavy atom. The van der Waals surface area contributed by atoms with Crippen LogP contribution in [0.15, 0.2) is 42.7 Å². The number of amides is 1. The number of hydrogen-bond acceptors (Lipinski definition) is 8. The minimum absolute atomic E-state index is 0.0384. The maximum Gasteiger partial charge on any atom is 0.343 e. The fourth-order valence-electron chi connectivity index (χ4n) is 3.21. The van der Waals surface area contributed by atoms with Crippen LogP contribution in [0.25, 0.3) is 5.69 Å². The maximum absolute atomic E-state index is 12.6. The summed E-state index contributed by atoms with van der Waals surface area (Å²) in [6.07, 6.45) is 0.709. The molecule has 148 valence electrons. The summed E-state index contributed by atoms with van der Waals surface area (Å²) in [5.41, 5.74) is 2.14. The molecule has 3 aromatic rings.